The van der Waals surface area contributed by atoms with Crippen LogP contribution in [0, 0.1) is 0 Å². The predicted octanol–water partition coefficient (Wildman–Crippen LogP) is 3.44. The summed E-state index contributed by atoms with van der Waals surface area (Å²) in [6.07, 6.45) is 1.79. The van der Waals surface area contributed by atoms with Crippen LogP contribution in [-0.2, 0) is 0 Å². The molecule has 0 heterocycles. The minimum Gasteiger partial charge on any atom is -0.285 e. The molecule has 0 amide bonds. The van der Waals surface area contributed by atoms with Crippen LogP contribution in [-0.4, -0.2) is 12.3 Å². The molecule has 0 atom stereocenters. The third-order valence-corrected chi connectivity index (χ3v) is 2.19. The number of nitrogens with zero attached hydrogens (tertiary/aromatic N) is 1. The van der Waals surface area contributed by atoms with Crippen molar-refractivity contribution in [1.82, 2.24) is 0 Å². The zero-order valence-electron chi connectivity index (χ0n) is 7.63. The van der Waals surface area contributed by atoms with Crippen LogP contribution in [0.15, 0.2) is 46.4 Å². The molecule has 0 saturated carbocycles. The Morgan fingerprint density at radius 3 is 3.00 bits per heavy atom. The molecule has 1 rings (SSSR count). The van der Waals surface area contributed by atoms with E-state index >= 15 is 0 Å². The van der Waals surface area contributed by atoms with Crippen molar-refractivity contribution in [2.75, 3.05) is 6.54 Å². The quantitative estimate of drug-likeness (QED) is 0.565. The van der Waals surface area contributed by atoms with E-state index in [-0.39, 0.29) is 0 Å². The number of halogens is 1. The fourth-order valence-corrected chi connectivity index (χ4v) is 1.41. The van der Waals surface area contributed by atoms with Gasteiger partial charge in [0.1, 0.15) is 0 Å². The molecule has 0 spiro atoms. The lowest BCUT2D eigenvalue weighted by Gasteiger charge is -2.00. The van der Waals surface area contributed by atoms with Gasteiger partial charge in [-0.1, -0.05) is 34.1 Å². The second-order valence-electron chi connectivity index (χ2n) is 2.73. The number of hydrogen-bond donors (Lipinski definition) is 0. The van der Waals surface area contributed by atoms with Gasteiger partial charge in [-0.15, -0.1) is 6.58 Å². The summed E-state index contributed by atoms with van der Waals surface area (Å²) < 4.78 is 1.08. The van der Waals surface area contributed by atoms with Crippen molar-refractivity contribution in [1.29, 1.82) is 0 Å². The van der Waals surface area contributed by atoms with Gasteiger partial charge in [0.25, 0.3) is 0 Å². The van der Waals surface area contributed by atoms with Crippen molar-refractivity contribution in [2.24, 2.45) is 4.99 Å². The first-order chi connectivity index (χ1) is 6.24. The van der Waals surface area contributed by atoms with Gasteiger partial charge in [0.15, 0.2) is 0 Å². The Bertz CT molecular complexity index is 329. The molecular formula is C11H12BrN. The summed E-state index contributed by atoms with van der Waals surface area (Å²) in [7, 11) is 0. The molecule has 0 aromatic heterocycles. The molecule has 0 saturated heterocycles. The van der Waals surface area contributed by atoms with Crippen LogP contribution in [0.5, 0.6) is 0 Å². The van der Waals surface area contributed by atoms with E-state index < -0.39 is 0 Å². The van der Waals surface area contributed by atoms with Gasteiger partial charge in [0.05, 0.1) is 6.54 Å². The van der Waals surface area contributed by atoms with E-state index in [9.17, 15) is 0 Å². The molecular weight excluding hydrogens is 226 g/mol. The number of aliphatic imine (C=N–C) groups is 1. The van der Waals surface area contributed by atoms with E-state index in [2.05, 4.69) is 33.6 Å². The van der Waals surface area contributed by atoms with Gasteiger partial charge in [0.2, 0.25) is 0 Å². The van der Waals surface area contributed by atoms with Crippen molar-refractivity contribution < 1.29 is 0 Å². The maximum Gasteiger partial charge on any atom is 0.0571 e. The van der Waals surface area contributed by atoms with Gasteiger partial charge in [-0.2, -0.15) is 0 Å². The zero-order chi connectivity index (χ0) is 9.68. The summed E-state index contributed by atoms with van der Waals surface area (Å²) in [6.45, 7) is 6.31. The third-order valence-electron chi connectivity index (χ3n) is 1.70. The predicted molar refractivity (Wildman–Crippen MR) is 61.4 cm³/mol. The van der Waals surface area contributed by atoms with Gasteiger partial charge < -0.3 is 0 Å². The van der Waals surface area contributed by atoms with Crippen LogP contribution < -0.4 is 0 Å². The number of benzene rings is 1. The smallest absolute Gasteiger partial charge is 0.0571 e. The second kappa shape index (κ2) is 4.97. The van der Waals surface area contributed by atoms with Gasteiger partial charge in [0, 0.05) is 10.2 Å². The van der Waals surface area contributed by atoms with Crippen LogP contribution >= 0.6 is 15.9 Å². The first kappa shape index (κ1) is 10.2. The Kier molecular flexibility index (Phi) is 3.90. The highest BCUT2D eigenvalue weighted by atomic mass is 79.9. The molecule has 1 aromatic carbocycles. The summed E-state index contributed by atoms with van der Waals surface area (Å²) in [5.41, 5.74) is 2.19. The van der Waals surface area contributed by atoms with E-state index in [0.29, 0.717) is 6.54 Å². The molecule has 0 aliphatic rings. The Morgan fingerprint density at radius 2 is 2.38 bits per heavy atom. The van der Waals surface area contributed by atoms with Crippen LogP contribution in [0.1, 0.15) is 12.5 Å². The van der Waals surface area contributed by atoms with Crippen molar-refractivity contribution in [3.05, 3.63) is 47.0 Å². The van der Waals surface area contributed by atoms with Crippen molar-refractivity contribution in [3.8, 4) is 0 Å². The second-order valence-corrected chi connectivity index (χ2v) is 3.64. The summed E-state index contributed by atoms with van der Waals surface area (Å²) >= 11 is 3.42. The highest BCUT2D eigenvalue weighted by molar-refractivity contribution is 9.10. The lowest BCUT2D eigenvalue weighted by atomic mass is 10.1. The Morgan fingerprint density at radius 1 is 1.62 bits per heavy atom. The van der Waals surface area contributed by atoms with Gasteiger partial charge >= 0.3 is 0 Å². The average molecular weight is 238 g/mol. The normalized spacial score (nSPS) is 11.4. The highest BCUT2D eigenvalue weighted by Gasteiger charge is 1.95. The molecule has 1 nitrogen and oxygen atoms in total. The van der Waals surface area contributed by atoms with Crippen LogP contribution in [0.4, 0.5) is 0 Å². The number of hydrogen-bond acceptors (Lipinski definition) is 1. The van der Waals surface area contributed by atoms with Crippen molar-refractivity contribution >= 4 is 21.6 Å². The minimum atomic E-state index is 0.679. The molecule has 13 heavy (non-hydrogen) atoms. The maximum absolute atomic E-state index is 4.33. The summed E-state index contributed by atoms with van der Waals surface area (Å²) in [5.74, 6) is 0. The molecule has 0 aliphatic carbocycles. The molecule has 0 N–H and O–H groups in total. The van der Waals surface area contributed by atoms with E-state index in [1.165, 1.54) is 0 Å². The standard InChI is InChI=1S/C11H12BrN/c1-3-7-13-9(2)10-5-4-6-11(12)8-10/h3-6,8H,1,7H2,2H3. The van der Waals surface area contributed by atoms with Crippen molar-refractivity contribution in [3.63, 3.8) is 0 Å². The van der Waals surface area contributed by atoms with E-state index in [1.54, 1.807) is 6.08 Å². The van der Waals surface area contributed by atoms with Crippen LogP contribution in [0.25, 0.3) is 0 Å². The van der Waals surface area contributed by atoms with E-state index in [1.807, 2.05) is 25.1 Å². The summed E-state index contributed by atoms with van der Waals surface area (Å²) in [4.78, 5) is 4.33. The summed E-state index contributed by atoms with van der Waals surface area (Å²) in [6, 6.07) is 8.12. The van der Waals surface area contributed by atoms with Gasteiger partial charge in [-0.05, 0) is 24.6 Å². The molecule has 1 aromatic rings. The zero-order valence-corrected chi connectivity index (χ0v) is 9.21. The molecule has 0 aliphatic heterocycles. The Hall–Kier alpha value is -0.890. The molecule has 0 bridgehead atoms. The monoisotopic (exact) mass is 237 g/mol. The van der Waals surface area contributed by atoms with Gasteiger partial charge in [-0.25, -0.2) is 0 Å². The SMILES string of the molecule is C=CCN=C(C)c1cccc(Br)c1. The first-order valence-electron chi connectivity index (χ1n) is 4.12. The molecule has 0 fully saturated rings. The molecule has 0 unspecified atom stereocenters. The third kappa shape index (κ3) is 3.15. The fraction of sp³-hybridized carbons (Fsp3) is 0.182. The van der Waals surface area contributed by atoms with Crippen LogP contribution in [0.2, 0.25) is 0 Å². The van der Waals surface area contributed by atoms with E-state index in [4.69, 9.17) is 0 Å². The lowest BCUT2D eigenvalue weighted by molar-refractivity contribution is 1.24. The lowest BCUT2D eigenvalue weighted by Crippen LogP contribution is -1.94. The molecule has 2 heteroatoms. The number of rotatable bonds is 3. The van der Waals surface area contributed by atoms with E-state index in [0.717, 1.165) is 15.7 Å². The topological polar surface area (TPSA) is 12.4 Å². The van der Waals surface area contributed by atoms with Crippen molar-refractivity contribution in [2.45, 2.75) is 6.92 Å². The highest BCUT2D eigenvalue weighted by Crippen LogP contribution is 2.12. The summed E-state index contributed by atoms with van der Waals surface area (Å²) in [5, 5.41) is 0. The first-order valence-corrected chi connectivity index (χ1v) is 4.91. The fourth-order valence-electron chi connectivity index (χ4n) is 1.01. The van der Waals surface area contributed by atoms with Gasteiger partial charge in [-0.3, -0.25) is 4.99 Å². The van der Waals surface area contributed by atoms with Crippen LogP contribution in [0.3, 0.4) is 0 Å². The Labute approximate surface area is 87.3 Å². The molecule has 68 valence electrons. The minimum absolute atomic E-state index is 0.679. The largest absolute Gasteiger partial charge is 0.285 e. The Balaban J connectivity index is 2.88. The maximum atomic E-state index is 4.33. The average Bonchev–Trinajstić information content (AvgIpc) is 2.14. The molecule has 0 radical (unpaired) electrons.